The number of aromatic nitrogens is 1. The van der Waals surface area contributed by atoms with Gasteiger partial charge in [-0.15, -0.1) is 0 Å². The second-order valence-corrected chi connectivity index (χ2v) is 5.28. The normalized spacial score (nSPS) is 11.2. The molecule has 0 amide bonds. The van der Waals surface area contributed by atoms with Gasteiger partial charge in [0.15, 0.2) is 0 Å². The summed E-state index contributed by atoms with van der Waals surface area (Å²) < 4.78 is 15.8. The van der Waals surface area contributed by atoms with Crippen LogP contribution in [0.2, 0.25) is 0 Å². The smallest absolute Gasteiger partial charge is 0.127 e. The van der Waals surface area contributed by atoms with Crippen molar-refractivity contribution in [2.45, 2.75) is 26.4 Å². The molecule has 1 aromatic heterocycles. The van der Waals surface area contributed by atoms with E-state index in [-0.39, 0.29) is 12.4 Å². The number of aryl methyl sites for hydroxylation is 1. The van der Waals surface area contributed by atoms with Crippen LogP contribution in [0, 0.1) is 5.82 Å². The van der Waals surface area contributed by atoms with Crippen molar-refractivity contribution < 1.29 is 4.39 Å². The zero-order valence-electron chi connectivity index (χ0n) is 12.1. The monoisotopic (exact) mass is 282 g/mol. The third-order valence-corrected chi connectivity index (χ3v) is 3.94. The molecule has 0 atom stereocenters. The number of nitrogens with zero attached hydrogens (tertiary/aromatic N) is 1. The predicted octanol–water partition coefficient (Wildman–Crippen LogP) is 3.85. The van der Waals surface area contributed by atoms with Gasteiger partial charge in [-0.3, -0.25) is 0 Å². The minimum atomic E-state index is -0.229. The van der Waals surface area contributed by atoms with Crippen LogP contribution in [0.25, 0.3) is 10.9 Å². The molecule has 3 rings (SSSR count). The van der Waals surface area contributed by atoms with Crippen LogP contribution < -0.4 is 5.73 Å². The molecule has 2 aromatic carbocycles. The number of hydrogen-bond donors (Lipinski definition) is 1. The van der Waals surface area contributed by atoms with Crippen molar-refractivity contribution in [3.63, 3.8) is 0 Å². The summed E-state index contributed by atoms with van der Waals surface area (Å²) in [5.74, 6) is -0.229. The molecule has 0 radical (unpaired) electrons. The number of rotatable bonds is 4. The first-order valence-corrected chi connectivity index (χ1v) is 7.27. The van der Waals surface area contributed by atoms with Gasteiger partial charge >= 0.3 is 0 Å². The summed E-state index contributed by atoms with van der Waals surface area (Å²) in [6, 6.07) is 13.7. The van der Waals surface area contributed by atoms with Gasteiger partial charge in [0.2, 0.25) is 0 Å². The lowest BCUT2D eigenvalue weighted by atomic mass is 10.1. The summed E-state index contributed by atoms with van der Waals surface area (Å²) >= 11 is 0. The maximum atomic E-state index is 13.5. The first kappa shape index (κ1) is 13.8. The summed E-state index contributed by atoms with van der Waals surface area (Å²) in [6.07, 6.45) is 3.09. The molecule has 0 bridgehead atoms. The van der Waals surface area contributed by atoms with E-state index < -0.39 is 0 Å². The van der Waals surface area contributed by atoms with Gasteiger partial charge in [0.1, 0.15) is 5.82 Å². The van der Waals surface area contributed by atoms with Crippen LogP contribution >= 0.6 is 0 Å². The largest absolute Gasteiger partial charge is 0.343 e. The highest BCUT2D eigenvalue weighted by atomic mass is 19.1. The molecule has 2 N–H and O–H groups in total. The lowest BCUT2D eigenvalue weighted by Gasteiger charge is -2.10. The SMILES string of the molecule is CCc1cccc2ccn(Cc3ccc(F)c(CN)c3)c12. The van der Waals surface area contributed by atoms with Gasteiger partial charge in [-0.1, -0.05) is 31.2 Å². The fourth-order valence-electron chi connectivity index (χ4n) is 2.84. The maximum absolute atomic E-state index is 13.5. The van der Waals surface area contributed by atoms with Gasteiger partial charge in [-0.05, 0) is 41.1 Å². The second kappa shape index (κ2) is 5.70. The average Bonchev–Trinajstić information content (AvgIpc) is 2.92. The lowest BCUT2D eigenvalue weighted by molar-refractivity contribution is 0.609. The summed E-state index contributed by atoms with van der Waals surface area (Å²) in [6.45, 7) is 3.12. The van der Waals surface area contributed by atoms with Crippen LogP contribution in [0.5, 0.6) is 0 Å². The Labute approximate surface area is 124 Å². The molecule has 0 fully saturated rings. The van der Waals surface area contributed by atoms with Crippen molar-refractivity contribution in [1.29, 1.82) is 0 Å². The van der Waals surface area contributed by atoms with Crippen LogP contribution in [0.15, 0.2) is 48.7 Å². The molecule has 3 heteroatoms. The Morgan fingerprint density at radius 2 is 1.95 bits per heavy atom. The molecular formula is C18H19FN2. The fraction of sp³-hybridized carbons (Fsp3) is 0.222. The quantitative estimate of drug-likeness (QED) is 0.774. The standard InChI is InChI=1S/C18H19FN2/c1-2-14-4-3-5-15-8-9-21(18(14)15)12-13-6-7-17(19)16(10-13)11-20/h3-10H,2,11-12,20H2,1H3. The Morgan fingerprint density at radius 3 is 2.71 bits per heavy atom. The molecule has 0 aliphatic rings. The van der Waals surface area contributed by atoms with E-state index in [1.807, 2.05) is 12.1 Å². The molecule has 108 valence electrons. The zero-order valence-corrected chi connectivity index (χ0v) is 12.1. The third-order valence-electron chi connectivity index (χ3n) is 3.94. The van der Waals surface area contributed by atoms with Crippen LogP contribution in [0.1, 0.15) is 23.6 Å². The average molecular weight is 282 g/mol. The summed E-state index contributed by atoms with van der Waals surface area (Å²) in [4.78, 5) is 0. The predicted molar refractivity (Wildman–Crippen MR) is 84.7 cm³/mol. The highest BCUT2D eigenvalue weighted by Gasteiger charge is 2.07. The molecule has 2 nitrogen and oxygen atoms in total. The summed E-state index contributed by atoms with van der Waals surface area (Å²) in [5, 5.41) is 1.25. The van der Waals surface area contributed by atoms with Crippen LogP contribution in [0.3, 0.4) is 0 Å². The zero-order chi connectivity index (χ0) is 14.8. The fourth-order valence-corrected chi connectivity index (χ4v) is 2.84. The van der Waals surface area contributed by atoms with Crippen molar-refractivity contribution in [2.75, 3.05) is 0 Å². The molecule has 0 unspecified atom stereocenters. The molecule has 0 aliphatic heterocycles. The van der Waals surface area contributed by atoms with E-state index in [2.05, 4.69) is 42.0 Å². The highest BCUT2D eigenvalue weighted by Crippen LogP contribution is 2.22. The van der Waals surface area contributed by atoms with E-state index in [4.69, 9.17) is 5.73 Å². The lowest BCUT2D eigenvalue weighted by Crippen LogP contribution is -2.04. The first-order valence-electron chi connectivity index (χ1n) is 7.27. The van der Waals surface area contributed by atoms with Gasteiger partial charge in [-0.25, -0.2) is 4.39 Å². The van der Waals surface area contributed by atoms with E-state index in [0.29, 0.717) is 5.56 Å². The Hall–Kier alpha value is -2.13. The van der Waals surface area contributed by atoms with Gasteiger partial charge in [0, 0.05) is 24.8 Å². The van der Waals surface area contributed by atoms with Crippen molar-refractivity contribution in [2.24, 2.45) is 5.73 Å². The Balaban J connectivity index is 2.02. The van der Waals surface area contributed by atoms with E-state index in [1.165, 1.54) is 22.5 Å². The van der Waals surface area contributed by atoms with Crippen molar-refractivity contribution in [1.82, 2.24) is 4.57 Å². The van der Waals surface area contributed by atoms with Crippen molar-refractivity contribution in [3.8, 4) is 0 Å². The topological polar surface area (TPSA) is 30.9 Å². The molecule has 3 aromatic rings. The van der Waals surface area contributed by atoms with Crippen LogP contribution in [-0.4, -0.2) is 4.57 Å². The number of hydrogen-bond acceptors (Lipinski definition) is 1. The first-order chi connectivity index (χ1) is 10.2. The second-order valence-electron chi connectivity index (χ2n) is 5.28. The Kier molecular flexibility index (Phi) is 3.76. The van der Waals surface area contributed by atoms with E-state index >= 15 is 0 Å². The molecule has 21 heavy (non-hydrogen) atoms. The maximum Gasteiger partial charge on any atom is 0.127 e. The van der Waals surface area contributed by atoms with Gasteiger partial charge in [0.25, 0.3) is 0 Å². The summed E-state index contributed by atoms with van der Waals surface area (Å²) in [7, 11) is 0. The van der Waals surface area contributed by atoms with E-state index in [1.54, 1.807) is 0 Å². The minimum Gasteiger partial charge on any atom is -0.343 e. The van der Waals surface area contributed by atoms with Crippen LogP contribution in [0.4, 0.5) is 4.39 Å². The minimum absolute atomic E-state index is 0.228. The van der Waals surface area contributed by atoms with Gasteiger partial charge in [-0.2, -0.15) is 0 Å². The van der Waals surface area contributed by atoms with Gasteiger partial charge in [0.05, 0.1) is 5.52 Å². The van der Waals surface area contributed by atoms with Crippen molar-refractivity contribution in [3.05, 3.63) is 71.2 Å². The van der Waals surface area contributed by atoms with Gasteiger partial charge < -0.3 is 10.3 Å². The molecule has 0 saturated heterocycles. The van der Waals surface area contributed by atoms with Crippen LogP contribution in [-0.2, 0) is 19.5 Å². The summed E-state index contributed by atoms with van der Waals surface area (Å²) in [5.41, 5.74) is 9.82. The highest BCUT2D eigenvalue weighted by molar-refractivity contribution is 5.83. The van der Waals surface area contributed by atoms with E-state index in [0.717, 1.165) is 18.5 Å². The molecule has 0 spiro atoms. The number of nitrogens with two attached hydrogens (primary N) is 1. The number of para-hydroxylation sites is 1. The Morgan fingerprint density at radius 1 is 1.10 bits per heavy atom. The molecular weight excluding hydrogens is 263 g/mol. The number of halogens is 1. The molecule has 0 aliphatic carbocycles. The third kappa shape index (κ3) is 2.57. The number of benzene rings is 2. The molecule has 1 heterocycles. The Bertz CT molecular complexity index is 774. The molecule has 0 saturated carbocycles. The van der Waals surface area contributed by atoms with Crippen molar-refractivity contribution >= 4 is 10.9 Å². The van der Waals surface area contributed by atoms with E-state index in [9.17, 15) is 4.39 Å². The number of fused-ring (bicyclic) bond motifs is 1.